The number of unbranched alkanes of at least 4 members (excludes halogenated alkanes) is 1. The Morgan fingerprint density at radius 2 is 1.67 bits per heavy atom. The Balaban J connectivity index is 0. The second-order valence-electron chi connectivity index (χ2n) is 10.8. The maximum atomic E-state index is 3.73. The largest absolute Gasteiger partial charge is 3.00 e. The first-order chi connectivity index (χ1) is 12.4. The minimum absolute atomic E-state index is 0. The Morgan fingerprint density at radius 3 is 2.10 bits per heavy atom. The molecule has 0 amide bonds. The van der Waals surface area contributed by atoms with Crippen LogP contribution in [0.1, 0.15) is 74.1 Å². The molecule has 1 radical (unpaired) electrons. The summed E-state index contributed by atoms with van der Waals surface area (Å²) in [5, 5.41) is 1.54. The molecule has 0 fully saturated rings. The Morgan fingerprint density at radius 1 is 1.07 bits per heavy atom. The van der Waals surface area contributed by atoms with Crippen LogP contribution in [0.5, 0.6) is 0 Å². The second-order valence-corrected chi connectivity index (χ2v) is 17.2. The summed E-state index contributed by atoms with van der Waals surface area (Å²) in [7, 11) is -1.76. The van der Waals surface area contributed by atoms with Gasteiger partial charge in [0.05, 0.1) is 8.07 Å². The van der Waals surface area contributed by atoms with Gasteiger partial charge >= 0.3 is 21.7 Å². The van der Waals surface area contributed by atoms with E-state index >= 15 is 0 Å². The third-order valence-corrected chi connectivity index (χ3v) is 13.8. The molecule has 0 bridgehead atoms. The third kappa shape index (κ3) is 6.91. The van der Waals surface area contributed by atoms with E-state index in [9.17, 15) is 0 Å². The summed E-state index contributed by atoms with van der Waals surface area (Å²) >= 11 is 2.26. The first-order valence-electron chi connectivity index (χ1n) is 10.7. The minimum atomic E-state index is -1.76. The molecule has 0 heterocycles. The maximum Gasteiger partial charge on any atom is 3.00 e. The van der Waals surface area contributed by atoms with E-state index < -0.39 is 8.07 Å². The van der Waals surface area contributed by atoms with Gasteiger partial charge in [0.25, 0.3) is 0 Å². The summed E-state index contributed by atoms with van der Waals surface area (Å²) in [5.74, 6) is 1.26. The molecule has 0 aromatic heterocycles. The molecule has 2 aliphatic rings. The van der Waals surface area contributed by atoms with E-state index in [1.807, 2.05) is 0 Å². The normalized spacial score (nSPS) is 21.6. The first-order valence-corrected chi connectivity index (χ1v) is 14.7. The molecule has 0 aromatic carbocycles. The zero-order chi connectivity index (χ0) is 20.5. The third-order valence-electron chi connectivity index (χ3n) is 6.24. The number of rotatable bonds is 6. The zero-order valence-electron chi connectivity index (χ0n) is 20.5. The summed E-state index contributed by atoms with van der Waals surface area (Å²) in [6, 6.07) is 0. The number of halogens is 2. The smallest absolute Gasteiger partial charge is 1.00 e. The van der Waals surface area contributed by atoms with Crippen molar-refractivity contribution in [2.75, 3.05) is 5.75 Å². The Kier molecular flexibility index (Phi) is 13.6. The van der Waals surface area contributed by atoms with Crippen LogP contribution in [0.15, 0.2) is 40.6 Å². The number of thioether (sulfide) groups is 1. The molecule has 1 atom stereocenters. The molecule has 0 nitrogen and oxygen atoms in total. The van der Waals surface area contributed by atoms with Crippen LogP contribution in [0.25, 0.3) is 0 Å². The molecule has 0 N–H and O–H groups in total. The first kappa shape index (κ1) is 33.0. The van der Waals surface area contributed by atoms with Crippen molar-refractivity contribution in [3.8, 4) is 0 Å². The van der Waals surface area contributed by atoms with Gasteiger partial charge in [-0.3, -0.25) is 6.08 Å². The van der Waals surface area contributed by atoms with E-state index in [2.05, 4.69) is 104 Å². The molecule has 2 rings (SSSR count). The van der Waals surface area contributed by atoms with Crippen LogP contribution in [0, 0.1) is 16.9 Å². The molecular weight excluding hydrogens is 479 g/mol. The van der Waals surface area contributed by atoms with Crippen LogP contribution in [0.4, 0.5) is 0 Å². The van der Waals surface area contributed by atoms with Gasteiger partial charge < -0.3 is 24.8 Å². The van der Waals surface area contributed by atoms with Gasteiger partial charge in [0.15, 0.2) is 0 Å². The van der Waals surface area contributed by atoms with Crippen molar-refractivity contribution < 1.29 is 46.5 Å². The van der Waals surface area contributed by atoms with Gasteiger partial charge in [-0.2, -0.15) is 17.8 Å². The van der Waals surface area contributed by atoms with E-state index in [1.54, 1.807) is 5.57 Å². The van der Waals surface area contributed by atoms with Gasteiger partial charge in [0, 0.05) is 4.37 Å². The predicted octanol–water partition coefficient (Wildman–Crippen LogP) is 2.09. The van der Waals surface area contributed by atoms with E-state index in [1.165, 1.54) is 35.8 Å². The molecule has 30 heavy (non-hydrogen) atoms. The van der Waals surface area contributed by atoms with Crippen LogP contribution in [0.2, 0.25) is 13.1 Å². The zero-order valence-corrected chi connectivity index (χ0v) is 25.4. The van der Waals surface area contributed by atoms with Gasteiger partial charge in [0.1, 0.15) is 0 Å². The topological polar surface area (TPSA) is 0 Å². The van der Waals surface area contributed by atoms with Gasteiger partial charge in [0.2, 0.25) is 0 Å². The maximum absolute atomic E-state index is 3.73. The summed E-state index contributed by atoms with van der Waals surface area (Å²) in [6.45, 7) is 21.8. The van der Waals surface area contributed by atoms with Gasteiger partial charge in [-0.05, 0) is 35.0 Å². The standard InChI is InChI=1S/C25H41SSi.2ClH.Ti/c1-10-11-18-26-25(27(8,9)21-14-12-13-15-21)17-16-20(23(2,3)4)19-22(25)24(5,6)7;;;/h12,14,16,19H,10-11,13,17-18H2,1-9H3;2*1H;/q-1;;;+3/p-2. The Bertz CT molecular complexity index is 678. The fourth-order valence-electron chi connectivity index (χ4n) is 4.39. The molecule has 0 aliphatic heterocycles. The van der Waals surface area contributed by atoms with E-state index in [0.29, 0.717) is 0 Å². The Labute approximate surface area is 220 Å². The van der Waals surface area contributed by atoms with E-state index in [-0.39, 0.29) is 61.7 Å². The fraction of sp³-hybridized carbons (Fsp3) is 0.680. The van der Waals surface area contributed by atoms with Crippen molar-refractivity contribution in [3.05, 3.63) is 46.7 Å². The second kappa shape index (κ2) is 12.3. The van der Waals surface area contributed by atoms with Crippen molar-refractivity contribution in [1.29, 1.82) is 0 Å². The molecule has 0 saturated carbocycles. The molecule has 5 heteroatoms. The average Bonchev–Trinajstić information content (AvgIpc) is 3.08. The van der Waals surface area contributed by atoms with Crippen molar-refractivity contribution in [2.24, 2.45) is 10.8 Å². The van der Waals surface area contributed by atoms with E-state index in [4.69, 9.17) is 0 Å². The van der Waals surface area contributed by atoms with Crippen LogP contribution >= 0.6 is 11.8 Å². The minimum Gasteiger partial charge on any atom is -1.00 e. The Hall–Kier alpha value is 0.821. The number of hydrogen-bond acceptors (Lipinski definition) is 1. The van der Waals surface area contributed by atoms with Crippen LogP contribution in [-0.4, -0.2) is 18.2 Å². The fourth-order valence-corrected chi connectivity index (χ4v) is 11.2. The summed E-state index contributed by atoms with van der Waals surface area (Å²) < 4.78 is 0.228. The molecule has 169 valence electrons. The molecule has 0 aromatic rings. The molecule has 0 saturated heterocycles. The van der Waals surface area contributed by atoms with Gasteiger partial charge in [-0.1, -0.05) is 85.7 Å². The average molecular weight is 521 g/mol. The van der Waals surface area contributed by atoms with Crippen molar-refractivity contribution in [2.45, 2.75) is 91.6 Å². The van der Waals surface area contributed by atoms with Crippen LogP contribution in [-0.2, 0) is 21.7 Å². The molecule has 0 spiro atoms. The van der Waals surface area contributed by atoms with E-state index in [0.717, 1.165) is 6.42 Å². The summed E-state index contributed by atoms with van der Waals surface area (Å²) in [4.78, 5) is 0. The quantitative estimate of drug-likeness (QED) is 0.294. The summed E-state index contributed by atoms with van der Waals surface area (Å²) in [5.41, 5.74) is 3.58. The van der Waals surface area contributed by atoms with Crippen molar-refractivity contribution in [1.82, 2.24) is 0 Å². The van der Waals surface area contributed by atoms with Crippen LogP contribution in [0.3, 0.4) is 0 Å². The van der Waals surface area contributed by atoms with Gasteiger partial charge in [-0.25, -0.2) is 11.3 Å². The molecule has 1 unspecified atom stereocenters. The number of allylic oxidation sites excluding steroid dienone is 7. The predicted molar refractivity (Wildman–Crippen MR) is 128 cm³/mol. The summed E-state index contributed by atoms with van der Waals surface area (Å²) in [6.07, 6.45) is 18.3. The van der Waals surface area contributed by atoms with Crippen molar-refractivity contribution in [3.63, 3.8) is 0 Å². The van der Waals surface area contributed by atoms with Gasteiger partial charge in [-0.15, -0.1) is 6.42 Å². The molecule has 2 aliphatic carbocycles. The molecular formula is C25H41Cl2SSiTi. The van der Waals surface area contributed by atoms with Crippen molar-refractivity contribution >= 4 is 19.8 Å². The number of hydrogen-bond donors (Lipinski definition) is 0. The van der Waals surface area contributed by atoms with Crippen LogP contribution < -0.4 is 24.8 Å². The monoisotopic (exact) mass is 519 g/mol. The SMILES string of the molecule is CCCCSC1([Si](C)(C)C2=[C-]CC=C2)CC=C(C(C)(C)C)C=C1C(C)(C)C.[Cl-].[Cl-].[Ti+3].